The SMILES string of the molecule is COC(=O)c1cccc(S(=O)(=O)Nc2cccc3ccccc23)c1. The van der Waals surface area contributed by atoms with Crippen molar-refractivity contribution in [1.29, 1.82) is 0 Å². The molecule has 1 N–H and O–H groups in total. The molecule has 0 saturated carbocycles. The molecule has 3 rings (SSSR count). The summed E-state index contributed by atoms with van der Waals surface area (Å²) in [7, 11) is -2.58. The zero-order valence-corrected chi connectivity index (χ0v) is 13.7. The van der Waals surface area contributed by atoms with Crippen LogP contribution in [0.5, 0.6) is 0 Å². The van der Waals surface area contributed by atoms with Crippen LogP contribution in [-0.2, 0) is 14.8 Å². The lowest BCUT2D eigenvalue weighted by Gasteiger charge is -2.11. The van der Waals surface area contributed by atoms with Gasteiger partial charge >= 0.3 is 5.97 Å². The van der Waals surface area contributed by atoms with Gasteiger partial charge in [0.2, 0.25) is 0 Å². The smallest absolute Gasteiger partial charge is 0.337 e. The summed E-state index contributed by atoms with van der Waals surface area (Å²) in [5.74, 6) is -0.586. The number of sulfonamides is 1. The fourth-order valence-electron chi connectivity index (χ4n) is 2.43. The molecular weight excluding hydrogens is 326 g/mol. The van der Waals surface area contributed by atoms with Crippen molar-refractivity contribution in [2.24, 2.45) is 0 Å². The van der Waals surface area contributed by atoms with Crippen LogP contribution in [0.4, 0.5) is 5.69 Å². The van der Waals surface area contributed by atoms with Crippen molar-refractivity contribution >= 4 is 32.5 Å². The second-order valence-electron chi connectivity index (χ2n) is 5.15. The van der Waals surface area contributed by atoms with E-state index in [-0.39, 0.29) is 10.5 Å². The minimum absolute atomic E-state index is 0.00154. The van der Waals surface area contributed by atoms with Crippen LogP contribution in [0, 0.1) is 0 Å². The number of methoxy groups -OCH3 is 1. The van der Waals surface area contributed by atoms with Gasteiger partial charge in [0.1, 0.15) is 0 Å². The maximum Gasteiger partial charge on any atom is 0.337 e. The zero-order chi connectivity index (χ0) is 17.2. The van der Waals surface area contributed by atoms with E-state index in [9.17, 15) is 13.2 Å². The molecule has 3 aromatic carbocycles. The van der Waals surface area contributed by atoms with E-state index in [1.165, 1.54) is 31.4 Å². The summed E-state index contributed by atoms with van der Waals surface area (Å²) in [6, 6.07) is 18.6. The molecule has 0 radical (unpaired) electrons. The fraction of sp³-hybridized carbons (Fsp3) is 0.0556. The maximum absolute atomic E-state index is 12.6. The van der Waals surface area contributed by atoms with Crippen LogP contribution < -0.4 is 4.72 Å². The highest BCUT2D eigenvalue weighted by Gasteiger charge is 2.17. The first kappa shape index (κ1) is 16.0. The second-order valence-corrected chi connectivity index (χ2v) is 6.83. The van der Waals surface area contributed by atoms with E-state index in [0.29, 0.717) is 5.69 Å². The van der Waals surface area contributed by atoms with Crippen molar-refractivity contribution in [3.05, 3.63) is 72.3 Å². The number of esters is 1. The van der Waals surface area contributed by atoms with E-state index in [4.69, 9.17) is 0 Å². The molecule has 3 aromatic rings. The Morgan fingerprint density at radius 3 is 2.46 bits per heavy atom. The number of benzene rings is 3. The van der Waals surface area contributed by atoms with Crippen LogP contribution in [0.1, 0.15) is 10.4 Å². The molecule has 0 aromatic heterocycles. The standard InChI is InChI=1S/C18H15NO4S/c1-23-18(20)14-8-4-9-15(12-14)24(21,22)19-17-11-5-7-13-6-2-3-10-16(13)17/h2-12,19H,1H3. The number of fused-ring (bicyclic) bond motifs is 1. The van der Waals surface area contributed by atoms with E-state index < -0.39 is 16.0 Å². The first-order valence-corrected chi connectivity index (χ1v) is 8.68. The van der Waals surface area contributed by atoms with Crippen molar-refractivity contribution in [2.75, 3.05) is 11.8 Å². The monoisotopic (exact) mass is 341 g/mol. The second kappa shape index (κ2) is 6.33. The van der Waals surface area contributed by atoms with Crippen LogP contribution in [-0.4, -0.2) is 21.5 Å². The quantitative estimate of drug-likeness (QED) is 0.738. The molecule has 0 saturated heterocycles. The molecule has 0 spiro atoms. The topological polar surface area (TPSA) is 72.5 Å². The van der Waals surface area contributed by atoms with E-state index in [1.807, 2.05) is 30.3 Å². The molecule has 0 aliphatic heterocycles. The first-order chi connectivity index (χ1) is 11.5. The number of nitrogens with one attached hydrogen (secondary N) is 1. The highest BCUT2D eigenvalue weighted by atomic mass is 32.2. The molecule has 0 aliphatic rings. The average molecular weight is 341 g/mol. The number of carbonyl (C=O) groups excluding carboxylic acids is 1. The summed E-state index contributed by atoms with van der Waals surface area (Å²) < 4.78 is 32.5. The van der Waals surface area contributed by atoms with Gasteiger partial charge in [-0.05, 0) is 29.7 Å². The molecule has 6 heteroatoms. The van der Waals surface area contributed by atoms with Gasteiger partial charge in [-0.3, -0.25) is 4.72 Å². The number of ether oxygens (including phenoxy) is 1. The van der Waals surface area contributed by atoms with Crippen LogP contribution in [0.25, 0.3) is 10.8 Å². The van der Waals surface area contributed by atoms with E-state index in [2.05, 4.69) is 9.46 Å². The third-order valence-corrected chi connectivity index (χ3v) is 4.96. The highest BCUT2D eigenvalue weighted by molar-refractivity contribution is 7.92. The molecular formula is C18H15NO4S. The summed E-state index contributed by atoms with van der Waals surface area (Å²) in [6.07, 6.45) is 0. The minimum atomic E-state index is -3.83. The molecule has 0 unspecified atom stereocenters. The number of anilines is 1. The third kappa shape index (κ3) is 3.09. The molecule has 24 heavy (non-hydrogen) atoms. The lowest BCUT2D eigenvalue weighted by atomic mass is 10.1. The Labute approximate surface area is 139 Å². The molecule has 0 fully saturated rings. The average Bonchev–Trinajstić information content (AvgIpc) is 2.61. The molecule has 0 atom stereocenters. The fourth-order valence-corrected chi connectivity index (χ4v) is 3.55. The van der Waals surface area contributed by atoms with Crippen LogP contribution in [0.3, 0.4) is 0 Å². The summed E-state index contributed by atoms with van der Waals surface area (Å²) in [5.41, 5.74) is 0.662. The van der Waals surface area contributed by atoms with Gasteiger partial charge in [-0.15, -0.1) is 0 Å². The Morgan fingerprint density at radius 1 is 0.958 bits per heavy atom. The van der Waals surface area contributed by atoms with Crippen LogP contribution in [0.15, 0.2) is 71.6 Å². The molecule has 0 heterocycles. The predicted octanol–water partition coefficient (Wildman–Crippen LogP) is 3.43. The maximum atomic E-state index is 12.6. The van der Waals surface area contributed by atoms with Crippen molar-refractivity contribution in [1.82, 2.24) is 0 Å². The first-order valence-electron chi connectivity index (χ1n) is 7.20. The van der Waals surface area contributed by atoms with Gasteiger partial charge < -0.3 is 4.74 Å². The van der Waals surface area contributed by atoms with Crippen molar-refractivity contribution in [3.8, 4) is 0 Å². The Kier molecular flexibility index (Phi) is 4.22. The molecule has 122 valence electrons. The molecule has 0 bridgehead atoms. The zero-order valence-electron chi connectivity index (χ0n) is 12.9. The number of hydrogen-bond donors (Lipinski definition) is 1. The van der Waals surface area contributed by atoms with Gasteiger partial charge in [-0.25, -0.2) is 13.2 Å². The van der Waals surface area contributed by atoms with Gasteiger partial charge in [-0.2, -0.15) is 0 Å². The lowest BCUT2D eigenvalue weighted by Crippen LogP contribution is -2.14. The lowest BCUT2D eigenvalue weighted by molar-refractivity contribution is 0.0600. The summed E-state index contributed by atoms with van der Waals surface area (Å²) in [4.78, 5) is 11.6. The van der Waals surface area contributed by atoms with Crippen molar-refractivity contribution in [2.45, 2.75) is 4.90 Å². The van der Waals surface area contributed by atoms with E-state index in [1.54, 1.807) is 12.1 Å². The van der Waals surface area contributed by atoms with Gasteiger partial charge in [0.25, 0.3) is 10.0 Å². The summed E-state index contributed by atoms with van der Waals surface area (Å²) in [6.45, 7) is 0. The van der Waals surface area contributed by atoms with E-state index in [0.717, 1.165) is 10.8 Å². The van der Waals surface area contributed by atoms with Crippen LogP contribution in [0.2, 0.25) is 0 Å². The minimum Gasteiger partial charge on any atom is -0.465 e. The van der Waals surface area contributed by atoms with Gasteiger partial charge in [-0.1, -0.05) is 42.5 Å². The number of carbonyl (C=O) groups is 1. The van der Waals surface area contributed by atoms with Crippen molar-refractivity contribution in [3.63, 3.8) is 0 Å². The predicted molar refractivity (Wildman–Crippen MR) is 92.5 cm³/mol. The van der Waals surface area contributed by atoms with Gasteiger partial charge in [0, 0.05) is 5.39 Å². The molecule has 5 nitrogen and oxygen atoms in total. The van der Waals surface area contributed by atoms with Crippen LogP contribution >= 0.6 is 0 Å². The van der Waals surface area contributed by atoms with Crippen molar-refractivity contribution < 1.29 is 17.9 Å². The van der Waals surface area contributed by atoms with E-state index >= 15 is 0 Å². The Morgan fingerprint density at radius 2 is 1.67 bits per heavy atom. The Hall–Kier alpha value is -2.86. The summed E-state index contributed by atoms with van der Waals surface area (Å²) >= 11 is 0. The molecule has 0 aliphatic carbocycles. The van der Waals surface area contributed by atoms with Gasteiger partial charge in [0.05, 0.1) is 23.3 Å². The Balaban J connectivity index is 2.01. The number of rotatable bonds is 4. The Bertz CT molecular complexity index is 1010. The summed E-state index contributed by atoms with van der Waals surface area (Å²) in [5, 5.41) is 1.73. The largest absolute Gasteiger partial charge is 0.465 e. The third-order valence-electron chi connectivity index (χ3n) is 3.60. The normalized spacial score (nSPS) is 11.2. The van der Waals surface area contributed by atoms with Gasteiger partial charge in [0.15, 0.2) is 0 Å². The number of hydrogen-bond acceptors (Lipinski definition) is 4. The highest BCUT2D eigenvalue weighted by Crippen LogP contribution is 2.25. The molecule has 0 amide bonds.